The highest BCUT2D eigenvalue weighted by atomic mass is 19.1. The smallest absolute Gasteiger partial charge is 0.188 e. The molecular weight excluding hydrogens is 169 g/mol. The number of hydrogen-bond acceptors (Lipinski definition) is 1. The van der Waals surface area contributed by atoms with Crippen molar-refractivity contribution in [2.75, 3.05) is 27.3 Å². The molecule has 0 N–H and O–H groups in total. The maximum atomic E-state index is 10.8. The van der Waals surface area contributed by atoms with Crippen LogP contribution >= 0.6 is 0 Å². The van der Waals surface area contributed by atoms with Crippen LogP contribution in [-0.4, -0.2) is 27.3 Å². The molecule has 0 atom stereocenters. The maximum Gasteiger partial charge on any atom is 0.188 e. The molecule has 12 heavy (non-hydrogen) atoms. The highest BCUT2D eigenvalue weighted by Gasteiger charge is 1.67. The van der Waals surface area contributed by atoms with E-state index in [-0.39, 0.29) is 21.5 Å². The van der Waals surface area contributed by atoms with Crippen LogP contribution in [0.15, 0.2) is 0 Å². The quantitative estimate of drug-likeness (QED) is 0.647. The first-order chi connectivity index (χ1) is 4.83. The summed E-state index contributed by atoms with van der Waals surface area (Å²) >= 11 is 0. The van der Waals surface area contributed by atoms with Crippen LogP contribution in [-0.2, 0) is 4.74 Å². The lowest BCUT2D eigenvalue weighted by molar-refractivity contribution is 0.0672. The first-order valence-electron chi connectivity index (χ1n) is 2.90. The maximum absolute atomic E-state index is 10.8. The van der Waals surface area contributed by atoms with E-state index >= 15 is 0 Å². The van der Waals surface area contributed by atoms with Gasteiger partial charge in [0.05, 0.1) is 13.9 Å². The molecule has 82 valence electrons. The van der Waals surface area contributed by atoms with Crippen LogP contribution in [0.1, 0.15) is 28.7 Å². The van der Waals surface area contributed by atoms with E-state index in [9.17, 15) is 13.2 Å². The number of rotatable bonds is 2. The molecule has 0 saturated heterocycles. The number of halogens is 3. The second kappa shape index (κ2) is 72.7. The van der Waals surface area contributed by atoms with E-state index < -0.39 is 6.86 Å². The summed E-state index contributed by atoms with van der Waals surface area (Å²) in [5.41, 5.74) is 0. The zero-order chi connectivity index (χ0) is 8.83. The Kier molecular flexibility index (Phi) is 180. The number of ether oxygens (including phenoxy) is 1. The van der Waals surface area contributed by atoms with Gasteiger partial charge in [0.15, 0.2) is 6.86 Å². The van der Waals surface area contributed by atoms with Crippen LogP contribution < -0.4 is 0 Å². The largest absolute Gasteiger partial charge is 0.351 e. The van der Waals surface area contributed by atoms with E-state index in [2.05, 4.69) is 4.74 Å². The van der Waals surface area contributed by atoms with Crippen molar-refractivity contribution in [1.29, 1.82) is 0 Å². The molecule has 0 bridgehead atoms. The zero-order valence-electron chi connectivity index (χ0n) is 6.66. The topological polar surface area (TPSA) is 9.23 Å². The molecule has 0 spiro atoms. The van der Waals surface area contributed by atoms with Crippen molar-refractivity contribution in [3.8, 4) is 0 Å². The fourth-order valence-electron chi connectivity index (χ4n) is 0.0772. The lowest BCUT2D eigenvalue weighted by Gasteiger charge is -1.83. The van der Waals surface area contributed by atoms with Gasteiger partial charge in [-0.15, -0.1) is 0 Å². The number of alkyl halides is 3. The molecule has 0 fully saturated rings. The average molecular weight is 192 g/mol. The van der Waals surface area contributed by atoms with Gasteiger partial charge in [-0.05, 0) is 13.8 Å². The zero-order valence-corrected chi connectivity index (χ0v) is 6.66. The lowest BCUT2D eigenvalue weighted by Crippen LogP contribution is -1.82. The molecular formula is C8H23F3O. The van der Waals surface area contributed by atoms with Crippen molar-refractivity contribution >= 4 is 0 Å². The molecule has 0 heterocycles. The van der Waals surface area contributed by atoms with E-state index in [4.69, 9.17) is 0 Å². The van der Waals surface area contributed by atoms with E-state index in [1.54, 1.807) is 6.92 Å². The summed E-state index contributed by atoms with van der Waals surface area (Å²) in [4.78, 5) is 0. The van der Waals surface area contributed by atoms with Gasteiger partial charge in [0.2, 0.25) is 0 Å². The second-order valence-corrected chi connectivity index (χ2v) is 0.869. The van der Waals surface area contributed by atoms with Gasteiger partial charge >= 0.3 is 0 Å². The Hall–Kier alpha value is -0.250. The molecule has 0 aliphatic carbocycles. The Bertz CT molecular complexity index is 28.3. The van der Waals surface area contributed by atoms with Gasteiger partial charge < -0.3 is 4.74 Å². The normalized spacial score (nSPS) is 5.50. The Morgan fingerprint density at radius 1 is 1.00 bits per heavy atom. The molecule has 0 aromatic rings. The third kappa shape index (κ3) is 244. The van der Waals surface area contributed by atoms with Crippen molar-refractivity contribution in [2.24, 2.45) is 0 Å². The molecule has 0 aliphatic heterocycles. The van der Waals surface area contributed by atoms with E-state index in [1.807, 2.05) is 0 Å². The monoisotopic (exact) mass is 192 g/mol. The van der Waals surface area contributed by atoms with Crippen molar-refractivity contribution in [2.45, 2.75) is 28.7 Å². The Morgan fingerprint density at radius 3 is 1.25 bits per heavy atom. The molecule has 0 rings (SSSR count). The highest BCUT2D eigenvalue weighted by Crippen LogP contribution is 1.68. The Balaban J connectivity index is -0.0000000209. The third-order valence-corrected chi connectivity index (χ3v) is 0.281. The van der Waals surface area contributed by atoms with Gasteiger partial charge in [0, 0.05) is 6.61 Å². The van der Waals surface area contributed by atoms with Gasteiger partial charge in [-0.3, -0.25) is 8.78 Å². The van der Waals surface area contributed by atoms with E-state index in [0.717, 1.165) is 0 Å². The van der Waals surface area contributed by atoms with Crippen LogP contribution in [0.5, 0.6) is 0 Å². The van der Waals surface area contributed by atoms with E-state index in [1.165, 1.54) is 6.92 Å². The Labute approximate surface area is 74.9 Å². The van der Waals surface area contributed by atoms with Crippen molar-refractivity contribution in [3.63, 3.8) is 0 Å². The summed E-state index contributed by atoms with van der Waals surface area (Å²) < 4.78 is 34.7. The molecule has 1 nitrogen and oxygen atoms in total. The minimum Gasteiger partial charge on any atom is -0.351 e. The fraction of sp³-hybridized carbons (Fsp3) is 1.00. The van der Waals surface area contributed by atoms with Crippen LogP contribution in [0.3, 0.4) is 0 Å². The summed E-state index contributed by atoms with van der Waals surface area (Å²) in [6.45, 7) is 2.77. The van der Waals surface area contributed by atoms with Crippen LogP contribution in [0.4, 0.5) is 13.2 Å². The molecule has 4 heteroatoms. The van der Waals surface area contributed by atoms with Gasteiger partial charge in [-0.2, -0.15) is 0 Å². The SMILES string of the molecule is C.C.CCF.CCOCF.CF. The fourth-order valence-corrected chi connectivity index (χ4v) is 0.0772. The molecule has 0 amide bonds. The summed E-state index contributed by atoms with van der Waals surface area (Å²) in [7, 11) is 0.500. The molecule has 0 saturated carbocycles. The average Bonchev–Trinajstić information content (AvgIpc) is 1.96. The first-order valence-corrected chi connectivity index (χ1v) is 2.90. The standard InChI is InChI=1S/C3H7FO.C2H5F.CH3F.2CH4/c1-2-5-3-4;1-2-3;1-2;;/h2-3H2,1H3;2H2,1H3;1H3;2*1H4. The number of hydrogen-bond donors (Lipinski definition) is 0. The Morgan fingerprint density at radius 2 is 1.25 bits per heavy atom. The van der Waals surface area contributed by atoms with E-state index in [0.29, 0.717) is 13.8 Å². The van der Waals surface area contributed by atoms with Gasteiger partial charge in [0.25, 0.3) is 0 Å². The minimum absolute atomic E-state index is 0. The lowest BCUT2D eigenvalue weighted by atomic mass is 10.9. The molecule has 0 aromatic heterocycles. The van der Waals surface area contributed by atoms with Crippen LogP contribution in [0.2, 0.25) is 0 Å². The first kappa shape index (κ1) is 29.8. The highest BCUT2D eigenvalue weighted by molar-refractivity contribution is 3.99. The van der Waals surface area contributed by atoms with Crippen molar-refractivity contribution < 1.29 is 17.9 Å². The molecule has 0 unspecified atom stereocenters. The van der Waals surface area contributed by atoms with Crippen molar-refractivity contribution in [3.05, 3.63) is 0 Å². The summed E-state index contributed by atoms with van der Waals surface area (Å²) in [5, 5.41) is 0. The predicted molar refractivity (Wildman–Crippen MR) is 49.7 cm³/mol. The van der Waals surface area contributed by atoms with Gasteiger partial charge in [0.1, 0.15) is 0 Å². The van der Waals surface area contributed by atoms with Crippen LogP contribution in [0.25, 0.3) is 0 Å². The summed E-state index contributed by atoms with van der Waals surface area (Å²) in [6, 6.07) is 0. The van der Waals surface area contributed by atoms with Gasteiger partial charge in [-0.25, -0.2) is 4.39 Å². The summed E-state index contributed by atoms with van der Waals surface area (Å²) in [6.07, 6.45) is 0. The molecule has 0 aromatic carbocycles. The van der Waals surface area contributed by atoms with Crippen molar-refractivity contribution in [1.82, 2.24) is 0 Å². The third-order valence-electron chi connectivity index (χ3n) is 0.281. The minimum atomic E-state index is -0.656. The summed E-state index contributed by atoms with van der Waals surface area (Å²) in [5.74, 6) is 0. The predicted octanol–water partition coefficient (Wildman–Crippen LogP) is 3.78. The molecule has 0 aliphatic rings. The van der Waals surface area contributed by atoms with Crippen LogP contribution in [0, 0.1) is 0 Å². The second-order valence-electron chi connectivity index (χ2n) is 0.869. The van der Waals surface area contributed by atoms with Gasteiger partial charge in [-0.1, -0.05) is 14.9 Å². The molecule has 0 radical (unpaired) electrons.